The first-order valence-corrected chi connectivity index (χ1v) is 15.4. The van der Waals surface area contributed by atoms with Crippen LogP contribution >= 0.6 is 15.9 Å². The molecular weight excluding hydrogens is 628 g/mol. The number of anilines is 1. The molecule has 1 aliphatic heterocycles. The number of hydrogen-bond donors (Lipinski definition) is 1. The number of amides is 4. The number of hydrogen-bond acceptors (Lipinski definition) is 8. The predicted octanol–water partition coefficient (Wildman–Crippen LogP) is 5.77. The van der Waals surface area contributed by atoms with Gasteiger partial charge in [-0.25, -0.2) is 9.69 Å². The summed E-state index contributed by atoms with van der Waals surface area (Å²) in [5.74, 6) is -1.16. The van der Waals surface area contributed by atoms with E-state index in [0.717, 1.165) is 23.3 Å². The number of imide groups is 2. The van der Waals surface area contributed by atoms with Gasteiger partial charge in [-0.15, -0.1) is 0 Å². The summed E-state index contributed by atoms with van der Waals surface area (Å²) < 4.78 is 42.8. The Morgan fingerprint density at radius 3 is 2.29 bits per heavy atom. The van der Waals surface area contributed by atoms with E-state index in [4.69, 9.17) is 13.7 Å². The number of rotatable bonds is 11. The summed E-state index contributed by atoms with van der Waals surface area (Å²) in [6.07, 6.45) is 3.15. The SMILES string of the molecule is CCCCOc1ccc(N2C(=O)NC(=O)/C(=C/c3cc(Br)c(OS(=O)(=O)c4ccc(C)cc4)c(OCC)c3)C2=O)cc1. The molecule has 10 nitrogen and oxygen atoms in total. The van der Waals surface area contributed by atoms with Crippen LogP contribution in [0.5, 0.6) is 17.2 Å². The number of carbonyl (C=O) groups excluding carboxylic acids is 3. The van der Waals surface area contributed by atoms with Crippen molar-refractivity contribution in [3.63, 3.8) is 0 Å². The Morgan fingerprint density at radius 1 is 0.952 bits per heavy atom. The fourth-order valence-corrected chi connectivity index (χ4v) is 5.57. The van der Waals surface area contributed by atoms with E-state index in [9.17, 15) is 22.8 Å². The van der Waals surface area contributed by atoms with Crippen LogP contribution in [0.15, 0.2) is 75.6 Å². The zero-order chi connectivity index (χ0) is 30.4. The third-order valence-corrected chi connectivity index (χ3v) is 7.93. The summed E-state index contributed by atoms with van der Waals surface area (Å²) in [5, 5.41) is 2.18. The van der Waals surface area contributed by atoms with Crippen LogP contribution < -0.4 is 23.9 Å². The van der Waals surface area contributed by atoms with Crippen LogP contribution in [-0.4, -0.2) is 39.5 Å². The highest BCUT2D eigenvalue weighted by atomic mass is 79.9. The molecule has 0 aromatic heterocycles. The van der Waals surface area contributed by atoms with Gasteiger partial charge in [0.2, 0.25) is 0 Å². The molecule has 1 N–H and O–H groups in total. The number of nitrogens with zero attached hydrogens (tertiary/aromatic N) is 1. The van der Waals surface area contributed by atoms with Crippen molar-refractivity contribution in [2.24, 2.45) is 0 Å². The van der Waals surface area contributed by atoms with Crippen LogP contribution in [0.2, 0.25) is 0 Å². The molecule has 4 amide bonds. The number of carbonyl (C=O) groups is 3. The van der Waals surface area contributed by atoms with Gasteiger partial charge in [-0.2, -0.15) is 8.42 Å². The van der Waals surface area contributed by atoms with Gasteiger partial charge in [0.05, 0.1) is 23.4 Å². The first-order valence-electron chi connectivity index (χ1n) is 13.2. The van der Waals surface area contributed by atoms with Crippen LogP contribution in [0.3, 0.4) is 0 Å². The van der Waals surface area contributed by atoms with Crippen molar-refractivity contribution in [1.82, 2.24) is 5.32 Å². The Morgan fingerprint density at radius 2 is 1.64 bits per heavy atom. The second kappa shape index (κ2) is 13.2. The zero-order valence-electron chi connectivity index (χ0n) is 23.2. The fourth-order valence-electron chi connectivity index (χ4n) is 3.96. The predicted molar refractivity (Wildman–Crippen MR) is 160 cm³/mol. The number of halogens is 1. The number of ether oxygens (including phenoxy) is 2. The minimum Gasteiger partial charge on any atom is -0.494 e. The second-order valence-corrected chi connectivity index (χ2v) is 11.7. The molecular formula is C30H29BrN2O8S. The number of aryl methyl sites for hydroxylation is 1. The largest absolute Gasteiger partial charge is 0.494 e. The maximum atomic E-state index is 13.4. The monoisotopic (exact) mass is 656 g/mol. The molecule has 0 atom stereocenters. The van der Waals surface area contributed by atoms with Crippen molar-refractivity contribution < 1.29 is 36.5 Å². The van der Waals surface area contributed by atoms with Gasteiger partial charge < -0.3 is 13.7 Å². The van der Waals surface area contributed by atoms with E-state index in [0.29, 0.717) is 17.9 Å². The molecule has 1 fully saturated rings. The first-order chi connectivity index (χ1) is 20.0. The highest BCUT2D eigenvalue weighted by Crippen LogP contribution is 2.39. The van der Waals surface area contributed by atoms with E-state index >= 15 is 0 Å². The van der Waals surface area contributed by atoms with Gasteiger partial charge in [0, 0.05) is 0 Å². The molecule has 1 heterocycles. The Hall–Kier alpha value is -4.16. The fraction of sp³-hybridized carbons (Fsp3) is 0.233. The number of benzene rings is 3. The van der Waals surface area contributed by atoms with Crippen molar-refractivity contribution in [1.29, 1.82) is 0 Å². The summed E-state index contributed by atoms with van der Waals surface area (Å²) in [7, 11) is -4.20. The molecule has 0 radical (unpaired) electrons. The lowest BCUT2D eigenvalue weighted by atomic mass is 10.1. The van der Waals surface area contributed by atoms with E-state index in [1.165, 1.54) is 30.3 Å². The molecule has 12 heteroatoms. The van der Waals surface area contributed by atoms with Crippen molar-refractivity contribution in [2.45, 2.75) is 38.5 Å². The van der Waals surface area contributed by atoms with Crippen LogP contribution in [0.4, 0.5) is 10.5 Å². The second-order valence-electron chi connectivity index (χ2n) is 9.27. The van der Waals surface area contributed by atoms with Gasteiger partial charge >= 0.3 is 16.1 Å². The van der Waals surface area contributed by atoms with Crippen LogP contribution in [-0.2, 0) is 19.7 Å². The minimum atomic E-state index is -4.20. The zero-order valence-corrected chi connectivity index (χ0v) is 25.6. The van der Waals surface area contributed by atoms with Gasteiger partial charge in [-0.05, 0) is 96.4 Å². The number of barbiturate groups is 1. The molecule has 0 spiro atoms. The summed E-state index contributed by atoms with van der Waals surface area (Å²) >= 11 is 3.33. The van der Waals surface area contributed by atoms with E-state index in [1.54, 1.807) is 43.3 Å². The van der Waals surface area contributed by atoms with Gasteiger partial charge in [-0.3, -0.25) is 14.9 Å². The molecule has 4 rings (SSSR count). The molecule has 0 aliphatic carbocycles. The summed E-state index contributed by atoms with van der Waals surface area (Å²) in [6.45, 7) is 6.31. The van der Waals surface area contributed by atoms with Gasteiger partial charge in [0.15, 0.2) is 11.5 Å². The molecule has 1 aliphatic rings. The summed E-state index contributed by atoms with van der Waals surface area (Å²) in [6, 6.07) is 14.6. The molecule has 3 aromatic rings. The lowest BCUT2D eigenvalue weighted by Crippen LogP contribution is -2.54. The normalized spacial score (nSPS) is 14.6. The Kier molecular flexibility index (Phi) is 9.69. The van der Waals surface area contributed by atoms with Gasteiger partial charge in [0.1, 0.15) is 16.2 Å². The topological polar surface area (TPSA) is 128 Å². The number of nitrogens with one attached hydrogen (secondary N) is 1. The summed E-state index contributed by atoms with van der Waals surface area (Å²) in [4.78, 5) is 39.5. The molecule has 42 heavy (non-hydrogen) atoms. The maximum Gasteiger partial charge on any atom is 0.339 e. The average molecular weight is 658 g/mol. The first kappa shape index (κ1) is 30.8. The average Bonchev–Trinajstić information content (AvgIpc) is 2.94. The van der Waals surface area contributed by atoms with Gasteiger partial charge in [-0.1, -0.05) is 31.0 Å². The van der Waals surface area contributed by atoms with E-state index in [1.807, 2.05) is 6.92 Å². The van der Waals surface area contributed by atoms with Gasteiger partial charge in [0.25, 0.3) is 11.8 Å². The third kappa shape index (κ3) is 7.00. The molecule has 3 aromatic carbocycles. The van der Waals surface area contributed by atoms with Crippen molar-refractivity contribution in [3.8, 4) is 17.2 Å². The van der Waals surface area contributed by atoms with E-state index < -0.39 is 28.0 Å². The lowest BCUT2D eigenvalue weighted by molar-refractivity contribution is -0.122. The Bertz CT molecular complexity index is 1630. The van der Waals surface area contributed by atoms with E-state index in [-0.39, 0.29) is 38.7 Å². The van der Waals surface area contributed by atoms with Crippen LogP contribution in [0.1, 0.15) is 37.8 Å². The van der Waals surface area contributed by atoms with Crippen molar-refractivity contribution >= 4 is 55.7 Å². The van der Waals surface area contributed by atoms with Crippen LogP contribution in [0.25, 0.3) is 6.08 Å². The Labute approximate surface area is 252 Å². The lowest BCUT2D eigenvalue weighted by Gasteiger charge is -2.26. The highest BCUT2D eigenvalue weighted by Gasteiger charge is 2.37. The smallest absolute Gasteiger partial charge is 0.339 e. The van der Waals surface area contributed by atoms with E-state index in [2.05, 4.69) is 28.2 Å². The quantitative estimate of drug-likeness (QED) is 0.119. The molecule has 220 valence electrons. The molecule has 1 saturated heterocycles. The van der Waals surface area contributed by atoms with Crippen LogP contribution in [0, 0.1) is 6.92 Å². The number of urea groups is 1. The summed E-state index contributed by atoms with van der Waals surface area (Å²) in [5.41, 5.74) is 1.14. The molecule has 0 unspecified atom stereocenters. The Balaban J connectivity index is 1.64. The number of unbranched alkanes of at least 4 members (excludes halogenated alkanes) is 1. The molecule has 0 bridgehead atoms. The minimum absolute atomic E-state index is 0.0385. The molecule has 0 saturated carbocycles. The van der Waals surface area contributed by atoms with Crippen molar-refractivity contribution in [3.05, 3.63) is 81.8 Å². The maximum absolute atomic E-state index is 13.4. The highest BCUT2D eigenvalue weighted by molar-refractivity contribution is 9.10. The standard InChI is InChI=1S/C30H29BrN2O8S/c1-4-6-15-40-22-11-9-21(10-12-22)33-29(35)24(28(34)32-30(33)36)16-20-17-25(31)27(26(18-20)39-5-2)41-42(37,38)23-13-7-19(3)8-14-23/h7-14,16-18H,4-6,15H2,1-3H3,(H,32,34,36)/b24-16-. The van der Waals surface area contributed by atoms with Crippen molar-refractivity contribution in [2.75, 3.05) is 18.1 Å². The third-order valence-electron chi connectivity index (χ3n) is 6.11.